The molecule has 2 aromatic carbocycles. The summed E-state index contributed by atoms with van der Waals surface area (Å²) in [5.74, 6) is -3.46. The fourth-order valence-electron chi connectivity index (χ4n) is 1.84. The van der Waals surface area contributed by atoms with Crippen molar-refractivity contribution in [3.05, 3.63) is 52.0 Å². The Kier molecular flexibility index (Phi) is 5.33. The first-order chi connectivity index (χ1) is 10.6. The molecule has 0 spiro atoms. The van der Waals surface area contributed by atoms with E-state index in [9.17, 15) is 26.2 Å². The van der Waals surface area contributed by atoms with Crippen molar-refractivity contribution >= 4 is 34.0 Å². The Bertz CT molecular complexity index is 776. The molecule has 0 aromatic heterocycles. The summed E-state index contributed by atoms with van der Waals surface area (Å²) in [5, 5.41) is -0.357. The van der Waals surface area contributed by atoms with Crippen molar-refractivity contribution in [1.29, 1.82) is 0 Å². The molecule has 2 aromatic rings. The molecular weight excluding hydrogens is 382 g/mol. The van der Waals surface area contributed by atoms with Crippen molar-refractivity contribution in [2.24, 2.45) is 0 Å². The maximum absolute atomic E-state index is 14.0. The van der Waals surface area contributed by atoms with Crippen LogP contribution in [0, 0.1) is 11.6 Å². The summed E-state index contributed by atoms with van der Waals surface area (Å²) in [4.78, 5) is -0.422. The van der Waals surface area contributed by atoms with Crippen molar-refractivity contribution < 1.29 is 26.2 Å². The molecule has 1 atom stereocenters. The van der Waals surface area contributed by atoms with E-state index in [1.165, 1.54) is 12.1 Å². The van der Waals surface area contributed by atoms with E-state index in [0.717, 1.165) is 12.1 Å². The number of halogens is 7. The van der Waals surface area contributed by atoms with Gasteiger partial charge in [-0.2, -0.15) is 13.2 Å². The molecule has 23 heavy (non-hydrogen) atoms. The van der Waals surface area contributed by atoms with Gasteiger partial charge in [0.2, 0.25) is 0 Å². The Morgan fingerprint density at radius 1 is 0.957 bits per heavy atom. The molecule has 0 unspecified atom stereocenters. The smallest absolute Gasteiger partial charge is 0.254 e. The highest BCUT2D eigenvalue weighted by molar-refractivity contribution is 7.85. The van der Waals surface area contributed by atoms with Crippen molar-refractivity contribution in [2.75, 3.05) is 5.75 Å². The maximum Gasteiger partial charge on any atom is 0.400 e. The lowest BCUT2D eigenvalue weighted by Gasteiger charge is -2.11. The van der Waals surface area contributed by atoms with Crippen LogP contribution in [0.1, 0.15) is 0 Å². The Balaban J connectivity index is 2.54. The van der Waals surface area contributed by atoms with Crippen LogP contribution in [0.4, 0.5) is 22.0 Å². The fourth-order valence-corrected chi connectivity index (χ4v) is 3.39. The largest absolute Gasteiger partial charge is 0.400 e. The summed E-state index contributed by atoms with van der Waals surface area (Å²) in [6.07, 6.45) is -4.69. The zero-order valence-corrected chi connectivity index (χ0v) is 13.4. The van der Waals surface area contributed by atoms with E-state index in [1.54, 1.807) is 0 Å². The van der Waals surface area contributed by atoms with Crippen LogP contribution in [-0.4, -0.2) is 16.1 Å². The predicted octanol–water partition coefficient (Wildman–Crippen LogP) is 5.61. The minimum absolute atomic E-state index is 0.0708. The van der Waals surface area contributed by atoms with Gasteiger partial charge in [0.05, 0.1) is 20.7 Å². The lowest BCUT2D eigenvalue weighted by atomic mass is 10.0. The van der Waals surface area contributed by atoms with Crippen molar-refractivity contribution in [2.45, 2.75) is 11.1 Å². The average molecular weight is 389 g/mol. The van der Waals surface area contributed by atoms with Crippen molar-refractivity contribution in [3.8, 4) is 11.1 Å². The highest BCUT2D eigenvalue weighted by Crippen LogP contribution is 2.33. The molecule has 0 radical (unpaired) electrons. The van der Waals surface area contributed by atoms with Crippen LogP contribution in [-0.2, 0) is 10.8 Å². The van der Waals surface area contributed by atoms with Crippen molar-refractivity contribution in [3.63, 3.8) is 0 Å². The van der Waals surface area contributed by atoms with Gasteiger partial charge in [-0.05, 0) is 30.3 Å². The molecule has 0 aliphatic heterocycles. The number of rotatable bonds is 3. The molecule has 0 saturated heterocycles. The second-order valence-electron chi connectivity index (χ2n) is 4.49. The summed E-state index contributed by atoms with van der Waals surface area (Å²) in [6.45, 7) is 0. The van der Waals surface area contributed by atoms with Gasteiger partial charge in [0, 0.05) is 16.1 Å². The summed E-state index contributed by atoms with van der Waals surface area (Å²) in [7, 11) is -2.54. The normalized spacial score (nSPS) is 13.2. The second-order valence-corrected chi connectivity index (χ2v) is 6.75. The van der Waals surface area contributed by atoms with Gasteiger partial charge in [-0.15, -0.1) is 0 Å². The first kappa shape index (κ1) is 18.2. The summed E-state index contributed by atoms with van der Waals surface area (Å²) >= 11 is 11.3. The van der Waals surface area contributed by atoms with Gasteiger partial charge in [-0.25, -0.2) is 8.78 Å². The summed E-state index contributed by atoms with van der Waals surface area (Å²) in [5.41, 5.74) is -0.581. The molecule has 124 valence electrons. The number of benzene rings is 2. The lowest BCUT2D eigenvalue weighted by molar-refractivity contribution is -0.105. The minimum Gasteiger partial charge on any atom is -0.254 e. The minimum atomic E-state index is -4.69. The summed E-state index contributed by atoms with van der Waals surface area (Å²) < 4.78 is 76.7. The molecule has 0 amide bonds. The van der Waals surface area contributed by atoms with Gasteiger partial charge < -0.3 is 0 Å². The van der Waals surface area contributed by atoms with Crippen LogP contribution < -0.4 is 0 Å². The van der Waals surface area contributed by atoms with Crippen LogP contribution in [0.3, 0.4) is 0 Å². The van der Waals surface area contributed by atoms with Crippen LogP contribution in [0.25, 0.3) is 11.1 Å². The van der Waals surface area contributed by atoms with E-state index in [4.69, 9.17) is 23.2 Å². The molecule has 1 nitrogen and oxygen atoms in total. The molecule has 0 heterocycles. The first-order valence-corrected chi connectivity index (χ1v) is 8.05. The van der Waals surface area contributed by atoms with Gasteiger partial charge in [0.15, 0.2) is 0 Å². The molecular formula is C14H7Cl2F5OS. The lowest BCUT2D eigenvalue weighted by Crippen LogP contribution is -2.18. The number of hydrogen-bond donors (Lipinski definition) is 0. The molecule has 2 rings (SSSR count). The predicted molar refractivity (Wildman–Crippen MR) is 79.1 cm³/mol. The Morgan fingerprint density at radius 2 is 1.57 bits per heavy atom. The molecule has 0 aliphatic rings. The van der Waals surface area contributed by atoms with Crippen LogP contribution in [0.15, 0.2) is 35.2 Å². The van der Waals surface area contributed by atoms with Crippen LogP contribution >= 0.6 is 23.2 Å². The zero-order valence-electron chi connectivity index (χ0n) is 11.1. The standard InChI is InChI=1S/C14H7Cl2F5OS/c15-7-1-2-8(11(17)3-7)9-4-13(10(16)5-12(9)18)23(22)6-14(19,20)21/h1-5H,6H2/t23-/m1/s1. The van der Waals surface area contributed by atoms with Crippen LogP contribution in [0.2, 0.25) is 10.0 Å². The van der Waals surface area contributed by atoms with E-state index in [1.807, 2.05) is 0 Å². The van der Waals surface area contributed by atoms with Gasteiger partial charge in [0.25, 0.3) is 0 Å². The highest BCUT2D eigenvalue weighted by Gasteiger charge is 2.32. The van der Waals surface area contributed by atoms with Gasteiger partial charge >= 0.3 is 6.18 Å². The average Bonchev–Trinajstić information content (AvgIpc) is 2.37. The Labute approximate surface area is 140 Å². The number of alkyl halides is 3. The van der Waals surface area contributed by atoms with Gasteiger partial charge in [-0.1, -0.05) is 23.2 Å². The van der Waals surface area contributed by atoms with Gasteiger partial charge in [-0.3, -0.25) is 4.21 Å². The maximum atomic E-state index is 14.0. The first-order valence-electron chi connectivity index (χ1n) is 5.98. The third-order valence-corrected chi connectivity index (χ3v) is 4.86. The van der Waals surface area contributed by atoms with E-state index < -0.39 is 44.3 Å². The molecule has 0 aliphatic carbocycles. The third-order valence-electron chi connectivity index (χ3n) is 2.78. The van der Waals surface area contributed by atoms with E-state index in [0.29, 0.717) is 6.07 Å². The molecule has 0 bridgehead atoms. The topological polar surface area (TPSA) is 17.1 Å². The quantitative estimate of drug-likeness (QED) is 0.624. The molecule has 0 saturated carbocycles. The van der Waals surface area contributed by atoms with Crippen molar-refractivity contribution in [1.82, 2.24) is 0 Å². The SMILES string of the molecule is O=[S@](CC(F)(F)F)c1cc(-c2ccc(Cl)cc2F)c(F)cc1Cl. The second kappa shape index (κ2) is 6.75. The fraction of sp³-hybridized carbons (Fsp3) is 0.143. The van der Waals surface area contributed by atoms with E-state index in [-0.39, 0.29) is 16.1 Å². The Hall–Kier alpha value is -1.18. The van der Waals surface area contributed by atoms with Crippen LogP contribution in [0.5, 0.6) is 0 Å². The zero-order chi connectivity index (χ0) is 17.4. The number of hydrogen-bond acceptors (Lipinski definition) is 1. The molecule has 9 heteroatoms. The molecule has 0 N–H and O–H groups in total. The Morgan fingerprint density at radius 3 is 2.13 bits per heavy atom. The third kappa shape index (κ3) is 4.43. The molecule has 0 fully saturated rings. The van der Waals surface area contributed by atoms with E-state index in [2.05, 4.69) is 0 Å². The monoisotopic (exact) mass is 388 g/mol. The highest BCUT2D eigenvalue weighted by atomic mass is 35.5. The van der Waals surface area contributed by atoms with E-state index >= 15 is 0 Å². The summed E-state index contributed by atoms with van der Waals surface area (Å²) in [6, 6.07) is 4.94. The van der Waals surface area contributed by atoms with Gasteiger partial charge in [0.1, 0.15) is 17.4 Å².